The molecule has 292 valence electrons. The highest BCUT2D eigenvalue weighted by Crippen LogP contribution is 2.54. The maximum absolute atomic E-state index is 14.8. The molecule has 7 atom stereocenters. The molecule has 2 aliphatic heterocycles. The molecule has 5 fully saturated rings. The van der Waals surface area contributed by atoms with Crippen LogP contribution in [0, 0.1) is 41.4 Å². The maximum atomic E-state index is 14.8. The minimum atomic E-state index is -1.02. The number of nitriles is 1. The van der Waals surface area contributed by atoms with E-state index in [1.165, 1.54) is 6.92 Å². The van der Waals surface area contributed by atoms with Gasteiger partial charge < -0.3 is 31.2 Å². The average molecular weight is 746 g/mol. The summed E-state index contributed by atoms with van der Waals surface area (Å²) in [5, 5.41) is 21.4. The summed E-state index contributed by atoms with van der Waals surface area (Å²) in [6.45, 7) is 8.78. The Labute approximate surface area is 316 Å². The molecule has 5 amide bonds. The molecule has 3 heterocycles. The lowest BCUT2D eigenvalue weighted by Gasteiger charge is -2.55. The number of hydrogen-bond acceptors (Lipinski definition) is 8. The van der Waals surface area contributed by atoms with Crippen LogP contribution in [0.5, 0.6) is 0 Å². The van der Waals surface area contributed by atoms with Gasteiger partial charge in [0.25, 0.3) is 11.8 Å². The number of ketones is 2. The monoisotopic (exact) mass is 745 g/mol. The number of hydrogen-bond donors (Lipinski definition) is 5. The highest BCUT2D eigenvalue weighted by atomic mass is 16.2. The molecule has 0 aromatic carbocycles. The van der Waals surface area contributed by atoms with Gasteiger partial charge in [0.15, 0.2) is 5.78 Å². The van der Waals surface area contributed by atoms with Crippen molar-refractivity contribution in [1.82, 2.24) is 31.2 Å². The van der Waals surface area contributed by atoms with E-state index >= 15 is 0 Å². The van der Waals surface area contributed by atoms with Crippen molar-refractivity contribution in [3.05, 3.63) is 22.5 Å². The van der Waals surface area contributed by atoms with Crippen LogP contribution >= 0.6 is 0 Å². The van der Waals surface area contributed by atoms with Crippen molar-refractivity contribution in [3.8, 4) is 6.07 Å². The van der Waals surface area contributed by atoms with Gasteiger partial charge in [0.05, 0.1) is 17.2 Å². The largest absolute Gasteiger partial charge is 0.353 e. The molecule has 14 heteroatoms. The Balaban J connectivity index is 1.25. The fourth-order valence-electron chi connectivity index (χ4n) is 9.96. The Morgan fingerprint density at radius 2 is 1.67 bits per heavy atom. The van der Waals surface area contributed by atoms with Crippen molar-refractivity contribution in [2.45, 2.75) is 154 Å². The fraction of sp³-hybridized carbons (Fsp3) is 0.700. The summed E-state index contributed by atoms with van der Waals surface area (Å²) in [6.07, 6.45) is 9.61. The maximum Gasteiger partial charge on any atom is 0.289 e. The second-order valence-electron chi connectivity index (χ2n) is 16.9. The summed E-state index contributed by atoms with van der Waals surface area (Å²) in [7, 11) is 0. The summed E-state index contributed by atoms with van der Waals surface area (Å²) in [5.74, 6) is -3.98. The van der Waals surface area contributed by atoms with E-state index in [9.17, 15) is 38.8 Å². The van der Waals surface area contributed by atoms with E-state index in [1.807, 2.05) is 26.8 Å². The minimum Gasteiger partial charge on any atom is -0.353 e. The van der Waals surface area contributed by atoms with Crippen molar-refractivity contribution in [1.29, 1.82) is 5.26 Å². The van der Waals surface area contributed by atoms with Gasteiger partial charge in [-0.25, -0.2) is 0 Å². The lowest BCUT2D eigenvalue weighted by atomic mass is 9.60. The summed E-state index contributed by atoms with van der Waals surface area (Å²) in [4.78, 5) is 99.8. The predicted molar refractivity (Wildman–Crippen MR) is 197 cm³/mol. The first kappa shape index (κ1) is 39.2. The molecular weight excluding hydrogens is 690 g/mol. The van der Waals surface area contributed by atoms with Crippen LogP contribution < -0.4 is 21.3 Å². The van der Waals surface area contributed by atoms with Crippen LogP contribution in [0.25, 0.3) is 0 Å². The van der Waals surface area contributed by atoms with E-state index in [0.29, 0.717) is 31.4 Å². The molecule has 0 bridgehead atoms. The molecule has 2 saturated heterocycles. The quantitative estimate of drug-likeness (QED) is 0.149. The van der Waals surface area contributed by atoms with Crippen molar-refractivity contribution in [2.75, 3.05) is 0 Å². The number of nitrogens with zero attached hydrogens (tertiary/aromatic N) is 2. The molecule has 1 aromatic rings. The van der Waals surface area contributed by atoms with Crippen molar-refractivity contribution in [2.24, 2.45) is 23.2 Å². The van der Waals surface area contributed by atoms with Gasteiger partial charge in [-0.05, 0) is 88.4 Å². The number of Topliss-reactive ketones (excluding diaryl/α,β-unsaturated/α-hetero) is 2. The van der Waals surface area contributed by atoms with Gasteiger partial charge in [0, 0.05) is 17.8 Å². The van der Waals surface area contributed by atoms with Gasteiger partial charge in [0.2, 0.25) is 23.5 Å². The standard InChI is InChI=1S/C40H55N7O7/c1-6-11-27(33(49)38(53)43-24-16-17-24)44-35(50)28-18-23-14-10-15-26-32(23)47(28)39(54)34(40(26,4)5)46-36(51)30(22-12-8-7-9-13-22)45-37(52)31-25(19-41)29(21(3)48)20(2)42-31/h22-24,26-28,30,32,34,42H,6-18H2,1-5H3,(H,43,53)(H,44,50)(H,45,52)(H,46,51)/t23-,26?,27-,28-,30-,32+,34+/m0/s1. The molecule has 14 nitrogen and oxygen atoms in total. The molecule has 5 N–H and O–H groups in total. The summed E-state index contributed by atoms with van der Waals surface area (Å²) >= 11 is 0. The van der Waals surface area contributed by atoms with Gasteiger partial charge in [-0.2, -0.15) is 5.26 Å². The lowest BCUT2D eigenvalue weighted by Crippen LogP contribution is -2.70. The van der Waals surface area contributed by atoms with Crippen molar-refractivity contribution in [3.63, 3.8) is 0 Å². The Bertz CT molecular complexity index is 1750. The number of aryl methyl sites for hydroxylation is 1. The van der Waals surface area contributed by atoms with Gasteiger partial charge in [0.1, 0.15) is 29.9 Å². The first-order valence-electron chi connectivity index (χ1n) is 19.9. The predicted octanol–water partition coefficient (Wildman–Crippen LogP) is 3.12. The van der Waals surface area contributed by atoms with Crippen LogP contribution in [-0.4, -0.2) is 87.2 Å². The Morgan fingerprint density at radius 3 is 2.30 bits per heavy atom. The fourth-order valence-corrected chi connectivity index (χ4v) is 9.96. The van der Waals surface area contributed by atoms with E-state index in [1.54, 1.807) is 11.8 Å². The molecule has 0 spiro atoms. The second kappa shape index (κ2) is 15.7. The number of aromatic amines is 1. The molecule has 6 rings (SSSR count). The zero-order valence-corrected chi connectivity index (χ0v) is 32.1. The van der Waals surface area contributed by atoms with E-state index in [4.69, 9.17) is 0 Å². The Morgan fingerprint density at radius 1 is 0.963 bits per heavy atom. The third kappa shape index (κ3) is 7.43. The number of piperidine rings is 1. The van der Waals surface area contributed by atoms with Crippen LogP contribution in [0.4, 0.5) is 0 Å². The van der Waals surface area contributed by atoms with Crippen LogP contribution in [0.1, 0.15) is 143 Å². The highest BCUT2D eigenvalue weighted by Gasteiger charge is 2.62. The number of nitrogens with one attached hydrogen (secondary N) is 5. The summed E-state index contributed by atoms with van der Waals surface area (Å²) in [5.41, 5.74) is -0.343. The minimum absolute atomic E-state index is 0.00547. The highest BCUT2D eigenvalue weighted by molar-refractivity contribution is 6.38. The van der Waals surface area contributed by atoms with Crippen LogP contribution in [0.3, 0.4) is 0 Å². The number of H-pyrrole nitrogens is 1. The molecule has 5 aliphatic rings. The number of rotatable bonds is 13. The molecule has 54 heavy (non-hydrogen) atoms. The smallest absolute Gasteiger partial charge is 0.289 e. The van der Waals surface area contributed by atoms with Crippen molar-refractivity contribution >= 4 is 41.1 Å². The molecule has 3 aliphatic carbocycles. The molecule has 0 radical (unpaired) electrons. The number of amides is 5. The zero-order valence-electron chi connectivity index (χ0n) is 32.1. The number of aromatic nitrogens is 1. The van der Waals surface area contributed by atoms with Crippen LogP contribution in [0.15, 0.2) is 0 Å². The molecule has 1 aromatic heterocycles. The summed E-state index contributed by atoms with van der Waals surface area (Å²) < 4.78 is 0. The first-order chi connectivity index (χ1) is 25.7. The molecule has 1 unspecified atom stereocenters. The first-order valence-corrected chi connectivity index (χ1v) is 19.9. The van der Waals surface area contributed by atoms with E-state index < -0.39 is 59.0 Å². The van der Waals surface area contributed by atoms with Crippen LogP contribution in [0.2, 0.25) is 0 Å². The van der Waals surface area contributed by atoms with Crippen molar-refractivity contribution < 1.29 is 33.6 Å². The lowest BCUT2D eigenvalue weighted by molar-refractivity contribution is -0.160. The zero-order chi connectivity index (χ0) is 39.1. The van der Waals surface area contributed by atoms with Gasteiger partial charge in [-0.1, -0.05) is 52.9 Å². The summed E-state index contributed by atoms with van der Waals surface area (Å²) in [6, 6.07) is -2.16. The van der Waals surface area contributed by atoms with Gasteiger partial charge in [-0.15, -0.1) is 0 Å². The van der Waals surface area contributed by atoms with E-state index in [-0.39, 0.29) is 64.8 Å². The average Bonchev–Trinajstić information content (AvgIpc) is 3.76. The number of carbonyl (C=O) groups is 7. The van der Waals surface area contributed by atoms with Gasteiger partial charge in [-0.3, -0.25) is 33.6 Å². The van der Waals surface area contributed by atoms with Gasteiger partial charge >= 0.3 is 0 Å². The van der Waals surface area contributed by atoms with E-state index in [2.05, 4.69) is 26.3 Å². The van der Waals surface area contributed by atoms with Crippen LogP contribution in [-0.2, 0) is 24.0 Å². The number of carbonyl (C=O) groups excluding carboxylic acids is 7. The SMILES string of the molecule is CCC[C@H](NC(=O)[C@@H]1C[C@@H]2CCCC3[C@@H]2N1C(=O)[C@@H](NC(=O)[C@@H](NC(=O)c1[nH]c(C)c(C(C)=O)c1C#N)C1CCCCC1)C3(C)C)C(=O)C(=O)NC1CC1. The Kier molecular flexibility index (Phi) is 11.4. The normalized spacial score (nSPS) is 27.1. The third-order valence-corrected chi connectivity index (χ3v) is 12.9. The molecule has 3 saturated carbocycles. The Hall–Kier alpha value is -4.54. The second-order valence-corrected chi connectivity index (χ2v) is 16.9. The van der Waals surface area contributed by atoms with E-state index in [0.717, 1.165) is 51.4 Å². The topological polar surface area (TPSA) is 210 Å². The third-order valence-electron chi connectivity index (χ3n) is 12.9. The molecular formula is C40H55N7O7.